The van der Waals surface area contributed by atoms with Crippen LogP contribution in [0.1, 0.15) is 50.2 Å². The van der Waals surface area contributed by atoms with E-state index in [2.05, 4.69) is 43.1 Å². The van der Waals surface area contributed by atoms with Crippen molar-refractivity contribution >= 4 is 0 Å². The minimum absolute atomic E-state index is 0.0443. The van der Waals surface area contributed by atoms with Crippen LogP contribution in [0.4, 0.5) is 0 Å². The monoisotopic (exact) mass is 411 g/mol. The lowest BCUT2D eigenvalue weighted by molar-refractivity contribution is -0.0532. The number of aliphatic hydroxyl groups excluding tert-OH is 1. The molecule has 0 bridgehead atoms. The van der Waals surface area contributed by atoms with Gasteiger partial charge in [-0.25, -0.2) is 0 Å². The highest BCUT2D eigenvalue weighted by Gasteiger charge is 2.45. The number of likely N-dealkylation sites (N-methyl/N-ethyl adjacent to an activating group) is 1. The van der Waals surface area contributed by atoms with Gasteiger partial charge in [0.05, 0.1) is 37.6 Å². The highest BCUT2D eigenvalue weighted by Crippen LogP contribution is 2.31. The molecule has 3 rings (SSSR count). The summed E-state index contributed by atoms with van der Waals surface area (Å²) in [7, 11) is 2.11. The summed E-state index contributed by atoms with van der Waals surface area (Å²) in [6.45, 7) is 4.27. The summed E-state index contributed by atoms with van der Waals surface area (Å²) in [5, 5.41) is 11.1. The van der Waals surface area contributed by atoms with Crippen LogP contribution in [0.2, 0.25) is 0 Å². The van der Waals surface area contributed by atoms with Gasteiger partial charge in [0.25, 0.3) is 0 Å². The molecule has 1 fully saturated rings. The Hall–Kier alpha value is -1.72. The standard InChI is InChI=1S/C26H37NO3/c1-3-4-5-12-17-27(2)25-23(29-19-21-13-8-6-9-14-21)18-24(26(25)28)30-20-22-15-10-7-11-16-22/h6-11,13-16,23-26,28H,3-5,12,17-20H2,1-2H3/t23-,24+,25+,26+/m1/s1. The van der Waals surface area contributed by atoms with Gasteiger partial charge in [0, 0.05) is 6.42 Å². The fraction of sp³-hybridized carbons (Fsp3) is 0.538. The maximum absolute atomic E-state index is 11.1. The quantitative estimate of drug-likeness (QED) is 0.509. The third kappa shape index (κ3) is 6.64. The molecular formula is C26H37NO3. The number of rotatable bonds is 12. The van der Waals surface area contributed by atoms with E-state index >= 15 is 0 Å². The molecule has 2 aromatic carbocycles. The summed E-state index contributed by atoms with van der Waals surface area (Å²) in [5.74, 6) is 0. The third-order valence-corrected chi connectivity index (χ3v) is 6.06. The molecule has 1 N–H and O–H groups in total. The lowest BCUT2D eigenvalue weighted by atomic mass is 10.1. The third-order valence-electron chi connectivity index (χ3n) is 6.06. The van der Waals surface area contributed by atoms with Crippen LogP contribution in [0.3, 0.4) is 0 Å². The van der Waals surface area contributed by atoms with Gasteiger partial charge in [0.1, 0.15) is 0 Å². The van der Waals surface area contributed by atoms with E-state index in [1.54, 1.807) is 0 Å². The minimum Gasteiger partial charge on any atom is -0.389 e. The lowest BCUT2D eigenvalue weighted by Crippen LogP contribution is -2.47. The van der Waals surface area contributed by atoms with Crippen molar-refractivity contribution in [3.05, 3.63) is 71.8 Å². The maximum Gasteiger partial charge on any atom is 0.0982 e. The molecule has 0 aromatic heterocycles. The zero-order valence-electron chi connectivity index (χ0n) is 18.5. The SMILES string of the molecule is CCCCCCN(C)[C@@H]1[C@@H](O)[C@@H](OCc2ccccc2)C[C@H]1OCc1ccccc1. The molecule has 0 amide bonds. The predicted molar refractivity (Wildman–Crippen MR) is 121 cm³/mol. The Bertz CT molecular complexity index is 709. The van der Waals surface area contributed by atoms with Crippen LogP contribution < -0.4 is 0 Å². The fourth-order valence-electron chi connectivity index (χ4n) is 4.32. The smallest absolute Gasteiger partial charge is 0.0982 e. The molecule has 0 spiro atoms. The van der Waals surface area contributed by atoms with Crippen LogP contribution in [-0.4, -0.2) is 48.0 Å². The van der Waals surface area contributed by atoms with Gasteiger partial charge in [0.15, 0.2) is 0 Å². The maximum atomic E-state index is 11.1. The van der Waals surface area contributed by atoms with E-state index in [1.165, 1.54) is 19.3 Å². The second kappa shape index (κ2) is 12.2. The van der Waals surface area contributed by atoms with Crippen molar-refractivity contribution in [3.63, 3.8) is 0 Å². The van der Waals surface area contributed by atoms with E-state index in [0.29, 0.717) is 19.6 Å². The number of unbranched alkanes of at least 4 members (excludes halogenated alkanes) is 3. The molecule has 1 saturated carbocycles. The molecule has 2 aromatic rings. The topological polar surface area (TPSA) is 41.9 Å². The van der Waals surface area contributed by atoms with Gasteiger partial charge in [-0.15, -0.1) is 0 Å². The summed E-state index contributed by atoms with van der Waals surface area (Å²) in [5.41, 5.74) is 2.29. The zero-order valence-corrected chi connectivity index (χ0v) is 18.5. The van der Waals surface area contributed by atoms with Gasteiger partial charge < -0.3 is 14.6 Å². The largest absolute Gasteiger partial charge is 0.389 e. The molecule has 0 heterocycles. The Labute approximate surface area is 181 Å². The molecular weight excluding hydrogens is 374 g/mol. The van der Waals surface area contributed by atoms with Crippen molar-refractivity contribution in [3.8, 4) is 0 Å². The molecule has 4 heteroatoms. The summed E-state index contributed by atoms with van der Waals surface area (Å²) in [6.07, 6.45) is 4.77. The molecule has 0 aliphatic heterocycles. The fourth-order valence-corrected chi connectivity index (χ4v) is 4.32. The highest BCUT2D eigenvalue weighted by atomic mass is 16.5. The number of nitrogens with zero attached hydrogens (tertiary/aromatic N) is 1. The van der Waals surface area contributed by atoms with Gasteiger partial charge in [-0.2, -0.15) is 0 Å². The molecule has 4 nitrogen and oxygen atoms in total. The predicted octanol–water partition coefficient (Wildman–Crippen LogP) is 4.80. The molecule has 1 aliphatic rings. The van der Waals surface area contributed by atoms with Crippen LogP contribution in [0, 0.1) is 0 Å². The Morgan fingerprint density at radius 1 is 0.833 bits per heavy atom. The van der Waals surface area contributed by atoms with E-state index in [9.17, 15) is 5.11 Å². The molecule has 0 radical (unpaired) electrons. The second-order valence-electron chi connectivity index (χ2n) is 8.43. The van der Waals surface area contributed by atoms with Crippen molar-refractivity contribution in [1.82, 2.24) is 4.90 Å². The minimum atomic E-state index is -0.550. The van der Waals surface area contributed by atoms with E-state index in [0.717, 1.165) is 24.1 Å². The first-order chi connectivity index (χ1) is 14.7. The second-order valence-corrected chi connectivity index (χ2v) is 8.43. The number of hydrogen-bond acceptors (Lipinski definition) is 4. The van der Waals surface area contributed by atoms with Gasteiger partial charge in [0.2, 0.25) is 0 Å². The van der Waals surface area contributed by atoms with E-state index in [4.69, 9.17) is 9.47 Å². The van der Waals surface area contributed by atoms with Gasteiger partial charge in [-0.3, -0.25) is 4.90 Å². The van der Waals surface area contributed by atoms with Gasteiger partial charge >= 0.3 is 0 Å². The average molecular weight is 412 g/mol. The number of ether oxygens (including phenoxy) is 2. The first-order valence-corrected chi connectivity index (χ1v) is 11.4. The molecule has 30 heavy (non-hydrogen) atoms. The Morgan fingerprint density at radius 3 is 1.97 bits per heavy atom. The first-order valence-electron chi connectivity index (χ1n) is 11.4. The van der Waals surface area contributed by atoms with Crippen LogP contribution in [-0.2, 0) is 22.7 Å². The van der Waals surface area contributed by atoms with E-state index in [-0.39, 0.29) is 18.2 Å². The van der Waals surface area contributed by atoms with Crippen LogP contribution >= 0.6 is 0 Å². The first kappa shape index (κ1) is 23.0. The molecule has 0 unspecified atom stereocenters. The van der Waals surface area contributed by atoms with Crippen molar-refractivity contribution in [2.45, 2.75) is 76.6 Å². The Kier molecular flexibility index (Phi) is 9.34. The van der Waals surface area contributed by atoms with Crippen LogP contribution in [0.5, 0.6) is 0 Å². The van der Waals surface area contributed by atoms with Crippen molar-refractivity contribution < 1.29 is 14.6 Å². The normalized spacial score (nSPS) is 23.9. The van der Waals surface area contributed by atoms with Crippen LogP contribution in [0.25, 0.3) is 0 Å². The Balaban J connectivity index is 1.61. The Morgan fingerprint density at radius 2 is 1.40 bits per heavy atom. The van der Waals surface area contributed by atoms with Crippen molar-refractivity contribution in [2.75, 3.05) is 13.6 Å². The summed E-state index contributed by atoms with van der Waals surface area (Å²) in [4.78, 5) is 2.28. The average Bonchev–Trinajstić information content (AvgIpc) is 3.10. The molecule has 0 saturated heterocycles. The summed E-state index contributed by atoms with van der Waals surface area (Å²) >= 11 is 0. The molecule has 164 valence electrons. The number of aliphatic hydroxyl groups is 1. The van der Waals surface area contributed by atoms with Crippen LogP contribution in [0.15, 0.2) is 60.7 Å². The molecule has 4 atom stereocenters. The van der Waals surface area contributed by atoms with Gasteiger partial charge in [-0.1, -0.05) is 86.8 Å². The lowest BCUT2D eigenvalue weighted by Gasteiger charge is -2.32. The zero-order chi connectivity index (χ0) is 21.2. The summed E-state index contributed by atoms with van der Waals surface area (Å²) in [6, 6.07) is 20.4. The molecule has 1 aliphatic carbocycles. The van der Waals surface area contributed by atoms with Crippen molar-refractivity contribution in [2.24, 2.45) is 0 Å². The highest BCUT2D eigenvalue weighted by molar-refractivity contribution is 5.14. The number of hydrogen-bond donors (Lipinski definition) is 1. The van der Waals surface area contributed by atoms with E-state index < -0.39 is 6.10 Å². The van der Waals surface area contributed by atoms with Gasteiger partial charge in [-0.05, 0) is 31.1 Å². The summed E-state index contributed by atoms with van der Waals surface area (Å²) < 4.78 is 12.5. The van der Waals surface area contributed by atoms with E-state index in [1.807, 2.05) is 36.4 Å². The number of benzene rings is 2. The van der Waals surface area contributed by atoms with Crippen molar-refractivity contribution in [1.29, 1.82) is 0 Å².